The lowest BCUT2D eigenvalue weighted by molar-refractivity contribution is -0.138. The number of carbonyl (C=O) groups is 2. The largest absolute Gasteiger partial charge is 0.480 e. The second kappa shape index (κ2) is 12.9. The van der Waals surface area contributed by atoms with Crippen LogP contribution in [0.25, 0.3) is 0 Å². The standard InChI is InChI=1S/C30H32FN3O3/c31-19-9-17-26(30(36)37)32-28(23-13-5-2-6-14-23)24-15-7-8-16-25(24)33-29(35)27-18-10-20-34(27)21-22-11-3-1-4-12-22/h1-8,11-16,26-27H,9-10,17-21H2,(H,33,35)(H,36,37)/t26-,27-/m0/s1. The first-order chi connectivity index (χ1) is 18.1. The van der Waals surface area contributed by atoms with E-state index in [0.29, 0.717) is 23.5 Å². The van der Waals surface area contributed by atoms with E-state index in [4.69, 9.17) is 0 Å². The third-order valence-corrected chi connectivity index (χ3v) is 6.56. The Hall–Kier alpha value is -3.84. The number of nitrogens with zero attached hydrogens (tertiary/aromatic N) is 2. The van der Waals surface area contributed by atoms with Gasteiger partial charge >= 0.3 is 5.97 Å². The summed E-state index contributed by atoms with van der Waals surface area (Å²) in [6, 6.07) is 25.3. The SMILES string of the molecule is O=C(O)[C@H](CCCF)N=C(c1ccccc1)c1ccccc1NC(=O)[C@@H]1CCCN1Cc1ccccc1. The molecule has 1 saturated heterocycles. The minimum Gasteiger partial charge on any atom is -0.480 e. The topological polar surface area (TPSA) is 82.0 Å². The Morgan fingerprint density at radius 3 is 2.38 bits per heavy atom. The summed E-state index contributed by atoms with van der Waals surface area (Å²) in [6.45, 7) is 0.944. The maximum absolute atomic E-state index is 13.5. The van der Waals surface area contributed by atoms with Crippen molar-refractivity contribution in [3.8, 4) is 0 Å². The van der Waals surface area contributed by atoms with Crippen molar-refractivity contribution in [3.63, 3.8) is 0 Å². The number of aliphatic carboxylic acids is 1. The van der Waals surface area contributed by atoms with Crippen molar-refractivity contribution < 1.29 is 19.1 Å². The van der Waals surface area contributed by atoms with E-state index in [1.165, 1.54) is 0 Å². The molecule has 1 aliphatic heterocycles. The van der Waals surface area contributed by atoms with Gasteiger partial charge in [-0.25, -0.2) is 4.79 Å². The van der Waals surface area contributed by atoms with Crippen LogP contribution in [-0.2, 0) is 16.1 Å². The Labute approximate surface area is 216 Å². The number of hydrogen-bond acceptors (Lipinski definition) is 4. The molecule has 0 aliphatic carbocycles. The number of rotatable bonds is 11. The molecule has 192 valence electrons. The summed E-state index contributed by atoms with van der Waals surface area (Å²) >= 11 is 0. The van der Waals surface area contributed by atoms with Gasteiger partial charge in [0.1, 0.15) is 6.04 Å². The molecule has 7 heteroatoms. The molecule has 2 N–H and O–H groups in total. The van der Waals surface area contributed by atoms with Gasteiger partial charge < -0.3 is 10.4 Å². The average molecular weight is 502 g/mol. The number of carboxylic acids is 1. The Morgan fingerprint density at radius 2 is 1.68 bits per heavy atom. The molecule has 1 aliphatic rings. The molecule has 0 saturated carbocycles. The van der Waals surface area contributed by atoms with Crippen LogP contribution in [0.3, 0.4) is 0 Å². The monoisotopic (exact) mass is 501 g/mol. The van der Waals surface area contributed by atoms with E-state index in [1.54, 1.807) is 6.07 Å². The number of anilines is 1. The molecule has 3 aromatic carbocycles. The van der Waals surface area contributed by atoms with Crippen molar-refractivity contribution in [2.45, 2.75) is 44.3 Å². The molecule has 0 unspecified atom stereocenters. The molecule has 3 aromatic rings. The van der Waals surface area contributed by atoms with Crippen LogP contribution in [-0.4, -0.2) is 52.9 Å². The zero-order valence-corrected chi connectivity index (χ0v) is 20.7. The summed E-state index contributed by atoms with van der Waals surface area (Å²) in [5.41, 5.74) is 3.53. The molecule has 2 atom stereocenters. The molecule has 1 amide bonds. The molecule has 0 bridgehead atoms. The lowest BCUT2D eigenvalue weighted by Crippen LogP contribution is -2.39. The molecular weight excluding hydrogens is 469 g/mol. The lowest BCUT2D eigenvalue weighted by atomic mass is 9.99. The molecule has 0 spiro atoms. The highest BCUT2D eigenvalue weighted by molar-refractivity contribution is 6.17. The predicted molar refractivity (Wildman–Crippen MR) is 144 cm³/mol. The Balaban J connectivity index is 1.63. The van der Waals surface area contributed by atoms with E-state index >= 15 is 0 Å². The minimum atomic E-state index is -1.11. The smallest absolute Gasteiger partial charge is 0.328 e. The maximum Gasteiger partial charge on any atom is 0.328 e. The number of carbonyl (C=O) groups excluding carboxylic acids is 1. The normalized spacial score (nSPS) is 16.9. The van der Waals surface area contributed by atoms with Gasteiger partial charge in [0, 0.05) is 17.7 Å². The molecule has 4 rings (SSSR count). The second-order valence-electron chi connectivity index (χ2n) is 9.18. The molecule has 37 heavy (non-hydrogen) atoms. The second-order valence-corrected chi connectivity index (χ2v) is 9.18. The van der Waals surface area contributed by atoms with Gasteiger partial charge in [-0.3, -0.25) is 19.1 Å². The first-order valence-corrected chi connectivity index (χ1v) is 12.7. The summed E-state index contributed by atoms with van der Waals surface area (Å²) in [4.78, 5) is 32.2. The van der Waals surface area contributed by atoms with Crippen LogP contribution < -0.4 is 5.32 Å². The highest BCUT2D eigenvalue weighted by Gasteiger charge is 2.31. The van der Waals surface area contributed by atoms with E-state index in [9.17, 15) is 19.1 Å². The lowest BCUT2D eigenvalue weighted by Gasteiger charge is -2.24. The summed E-state index contributed by atoms with van der Waals surface area (Å²) in [7, 11) is 0. The third-order valence-electron chi connectivity index (χ3n) is 6.56. The van der Waals surface area contributed by atoms with Crippen LogP contribution in [0.4, 0.5) is 10.1 Å². The number of halogens is 1. The quantitative estimate of drug-likeness (QED) is 0.348. The van der Waals surface area contributed by atoms with Gasteiger partial charge in [0.15, 0.2) is 0 Å². The van der Waals surface area contributed by atoms with Crippen LogP contribution in [0, 0.1) is 0 Å². The molecule has 0 aromatic heterocycles. The van der Waals surface area contributed by atoms with Crippen LogP contribution in [0.5, 0.6) is 0 Å². The minimum absolute atomic E-state index is 0.0905. The number of para-hydroxylation sites is 1. The number of likely N-dealkylation sites (tertiary alicyclic amines) is 1. The summed E-state index contributed by atoms with van der Waals surface area (Å²) in [6.07, 6.45) is 1.91. The fraction of sp³-hybridized carbons (Fsp3) is 0.300. The Morgan fingerprint density at radius 1 is 1.00 bits per heavy atom. The molecule has 1 fully saturated rings. The Kier molecular flexibility index (Phi) is 9.16. The molecule has 1 heterocycles. The number of hydrogen-bond donors (Lipinski definition) is 2. The predicted octanol–water partition coefficient (Wildman–Crippen LogP) is 5.33. The number of carboxylic acid groups (broad SMARTS) is 1. The van der Waals surface area contributed by atoms with Crippen LogP contribution in [0.1, 0.15) is 42.4 Å². The van der Waals surface area contributed by atoms with Crippen molar-refractivity contribution in [3.05, 3.63) is 102 Å². The zero-order valence-electron chi connectivity index (χ0n) is 20.7. The van der Waals surface area contributed by atoms with Crippen LogP contribution >= 0.6 is 0 Å². The van der Waals surface area contributed by atoms with Crippen molar-refractivity contribution in [2.75, 3.05) is 18.5 Å². The highest BCUT2D eigenvalue weighted by Crippen LogP contribution is 2.25. The van der Waals surface area contributed by atoms with E-state index in [0.717, 1.165) is 30.5 Å². The summed E-state index contributed by atoms with van der Waals surface area (Å²) < 4.78 is 12.8. The van der Waals surface area contributed by atoms with Crippen molar-refractivity contribution in [1.82, 2.24) is 4.90 Å². The van der Waals surface area contributed by atoms with Crippen LogP contribution in [0.15, 0.2) is 89.9 Å². The zero-order chi connectivity index (χ0) is 26.0. The fourth-order valence-electron chi connectivity index (χ4n) is 4.71. The van der Waals surface area contributed by atoms with Crippen molar-refractivity contribution in [1.29, 1.82) is 0 Å². The first-order valence-electron chi connectivity index (χ1n) is 12.7. The number of benzene rings is 3. The van der Waals surface area contributed by atoms with Gasteiger partial charge in [0.2, 0.25) is 5.91 Å². The number of alkyl halides is 1. The van der Waals surface area contributed by atoms with Crippen LogP contribution in [0.2, 0.25) is 0 Å². The average Bonchev–Trinajstić information content (AvgIpc) is 3.38. The highest BCUT2D eigenvalue weighted by atomic mass is 19.1. The number of aliphatic imine (C=N–C) groups is 1. The van der Waals surface area contributed by atoms with Crippen molar-refractivity contribution >= 4 is 23.3 Å². The van der Waals surface area contributed by atoms with Gasteiger partial charge in [-0.05, 0) is 43.9 Å². The Bertz CT molecular complexity index is 1220. The molecule has 6 nitrogen and oxygen atoms in total. The van der Waals surface area contributed by atoms with E-state index in [-0.39, 0.29) is 24.8 Å². The number of nitrogens with one attached hydrogen (secondary N) is 1. The fourth-order valence-corrected chi connectivity index (χ4v) is 4.71. The van der Waals surface area contributed by atoms with Gasteiger partial charge in [-0.2, -0.15) is 0 Å². The van der Waals surface area contributed by atoms with Gasteiger partial charge in [-0.1, -0.05) is 78.9 Å². The number of amides is 1. The van der Waals surface area contributed by atoms with Crippen molar-refractivity contribution in [2.24, 2.45) is 4.99 Å². The summed E-state index contributed by atoms with van der Waals surface area (Å²) in [5, 5.41) is 12.8. The summed E-state index contributed by atoms with van der Waals surface area (Å²) in [5.74, 6) is -1.20. The van der Waals surface area contributed by atoms with E-state index < -0.39 is 18.7 Å². The van der Waals surface area contributed by atoms with E-state index in [1.807, 2.05) is 66.7 Å². The third kappa shape index (κ3) is 6.89. The van der Waals surface area contributed by atoms with E-state index in [2.05, 4.69) is 27.3 Å². The first kappa shape index (κ1) is 26.2. The molecule has 0 radical (unpaired) electrons. The molecular formula is C30H32FN3O3. The van der Waals surface area contributed by atoms with Gasteiger partial charge in [0.05, 0.1) is 24.1 Å². The maximum atomic E-state index is 13.5. The van der Waals surface area contributed by atoms with Gasteiger partial charge in [0.25, 0.3) is 0 Å². The van der Waals surface area contributed by atoms with Gasteiger partial charge in [-0.15, -0.1) is 0 Å².